The van der Waals surface area contributed by atoms with Crippen LogP contribution in [-0.2, 0) is 15.3 Å². The Morgan fingerprint density at radius 1 is 0.966 bits per heavy atom. The first-order valence-electron chi connectivity index (χ1n) is 9.09. The van der Waals surface area contributed by atoms with Crippen molar-refractivity contribution in [3.8, 4) is 5.75 Å². The lowest BCUT2D eigenvalue weighted by Crippen LogP contribution is -2.31. The summed E-state index contributed by atoms with van der Waals surface area (Å²) in [4.78, 5) is 28.5. The van der Waals surface area contributed by atoms with Gasteiger partial charge in [-0.05, 0) is 36.8 Å². The number of benzene rings is 2. The van der Waals surface area contributed by atoms with Crippen LogP contribution in [-0.4, -0.2) is 18.9 Å². The van der Waals surface area contributed by atoms with Gasteiger partial charge in [0, 0.05) is 5.56 Å². The topological polar surface area (TPSA) is 59.8 Å². The predicted octanol–water partition coefficient (Wildman–Crippen LogP) is 4.81. The number of rotatable bonds is 6. The molecule has 0 aliphatic carbocycles. The van der Waals surface area contributed by atoms with E-state index in [0.29, 0.717) is 33.2 Å². The molecule has 1 aromatic heterocycles. The molecule has 0 saturated carbocycles. The number of furan rings is 1. The second-order valence-corrected chi connectivity index (χ2v) is 7.49. The van der Waals surface area contributed by atoms with Gasteiger partial charge in [-0.1, -0.05) is 36.4 Å². The highest BCUT2D eigenvalue weighted by Crippen LogP contribution is 2.42. The molecule has 5 nitrogen and oxygen atoms in total. The quantitative estimate of drug-likeness (QED) is 0.551. The highest BCUT2D eigenvalue weighted by molar-refractivity contribution is 8.03. The molecule has 0 bridgehead atoms. The molecule has 1 aliphatic heterocycles. The summed E-state index contributed by atoms with van der Waals surface area (Å²) < 4.78 is 10.9. The lowest BCUT2D eigenvalue weighted by Gasteiger charge is -2.17. The van der Waals surface area contributed by atoms with Gasteiger partial charge in [-0.2, -0.15) is 0 Å². The fraction of sp³-hybridized carbons (Fsp3) is 0.130. The van der Waals surface area contributed by atoms with E-state index in [-0.39, 0.29) is 11.8 Å². The van der Waals surface area contributed by atoms with Crippen LogP contribution in [0.4, 0.5) is 5.69 Å². The molecule has 0 unspecified atom stereocenters. The Bertz CT molecular complexity index is 1100. The summed E-state index contributed by atoms with van der Waals surface area (Å²) in [5.41, 5.74) is 2.40. The number of imide groups is 1. The van der Waals surface area contributed by atoms with Gasteiger partial charge < -0.3 is 9.15 Å². The largest absolute Gasteiger partial charge is 0.496 e. The summed E-state index contributed by atoms with van der Waals surface area (Å²) >= 11 is 1.30. The molecular weight excluding hydrogens is 386 g/mol. The van der Waals surface area contributed by atoms with Crippen molar-refractivity contribution in [2.24, 2.45) is 0 Å². The minimum absolute atomic E-state index is 0.332. The van der Waals surface area contributed by atoms with Crippen LogP contribution in [0.1, 0.15) is 16.9 Å². The van der Waals surface area contributed by atoms with Crippen molar-refractivity contribution < 1.29 is 18.7 Å². The summed E-state index contributed by atoms with van der Waals surface area (Å²) in [6, 6.07) is 18.2. The van der Waals surface area contributed by atoms with Gasteiger partial charge in [0.2, 0.25) is 0 Å². The Morgan fingerprint density at radius 2 is 1.72 bits per heavy atom. The van der Waals surface area contributed by atoms with Crippen LogP contribution in [0.5, 0.6) is 5.75 Å². The van der Waals surface area contributed by atoms with Crippen molar-refractivity contribution in [3.05, 3.63) is 88.7 Å². The molecule has 6 heteroatoms. The van der Waals surface area contributed by atoms with Crippen molar-refractivity contribution in [2.75, 3.05) is 12.0 Å². The van der Waals surface area contributed by atoms with Crippen LogP contribution >= 0.6 is 11.8 Å². The van der Waals surface area contributed by atoms with Gasteiger partial charge in [0.25, 0.3) is 11.8 Å². The van der Waals surface area contributed by atoms with Crippen molar-refractivity contribution in [2.45, 2.75) is 12.7 Å². The molecule has 146 valence electrons. The Kier molecular flexibility index (Phi) is 5.27. The first-order chi connectivity index (χ1) is 14.1. The maximum absolute atomic E-state index is 13.5. The number of hydrogen-bond acceptors (Lipinski definition) is 5. The summed E-state index contributed by atoms with van der Waals surface area (Å²) in [5, 5.41) is 0. The van der Waals surface area contributed by atoms with E-state index < -0.39 is 0 Å². The first kappa shape index (κ1) is 19.1. The van der Waals surface area contributed by atoms with Crippen LogP contribution in [0.15, 0.2) is 76.2 Å². The Hall–Kier alpha value is -3.25. The SMILES string of the molecule is COc1ccccc1C1=C(SCc2ccco2)C(=O)N(c2ccccc2C)C1=O. The number of nitrogens with zero attached hydrogens (tertiary/aromatic N) is 1. The predicted molar refractivity (Wildman–Crippen MR) is 114 cm³/mol. The number of hydrogen-bond donors (Lipinski definition) is 0. The third-order valence-electron chi connectivity index (χ3n) is 4.71. The molecule has 1 aliphatic rings. The fourth-order valence-electron chi connectivity index (χ4n) is 3.30. The van der Waals surface area contributed by atoms with E-state index in [1.54, 1.807) is 37.6 Å². The third-order valence-corrected chi connectivity index (χ3v) is 5.81. The highest BCUT2D eigenvalue weighted by Gasteiger charge is 2.41. The smallest absolute Gasteiger partial charge is 0.272 e. The maximum atomic E-state index is 13.5. The molecule has 0 atom stereocenters. The van der Waals surface area contributed by atoms with Gasteiger partial charge in [-0.25, -0.2) is 4.90 Å². The zero-order valence-corrected chi connectivity index (χ0v) is 16.9. The molecule has 2 aromatic carbocycles. The lowest BCUT2D eigenvalue weighted by atomic mass is 10.0. The molecule has 0 spiro atoms. The maximum Gasteiger partial charge on any atom is 0.272 e. The number of carbonyl (C=O) groups is 2. The van der Waals surface area contributed by atoms with Crippen molar-refractivity contribution in [3.63, 3.8) is 0 Å². The summed E-state index contributed by atoms with van der Waals surface area (Å²) in [6.07, 6.45) is 1.59. The number of para-hydroxylation sites is 2. The van der Waals surface area contributed by atoms with Gasteiger partial charge in [-0.3, -0.25) is 9.59 Å². The molecule has 2 heterocycles. The first-order valence-corrected chi connectivity index (χ1v) is 10.1. The number of anilines is 1. The average Bonchev–Trinajstić information content (AvgIpc) is 3.33. The van der Waals surface area contributed by atoms with Gasteiger partial charge in [0.05, 0.1) is 35.3 Å². The second kappa shape index (κ2) is 8.01. The Morgan fingerprint density at radius 3 is 2.45 bits per heavy atom. The summed E-state index contributed by atoms with van der Waals surface area (Å²) in [5.74, 6) is 1.04. The molecule has 3 aromatic rings. The van der Waals surface area contributed by atoms with Crippen molar-refractivity contribution in [1.82, 2.24) is 0 Å². The molecule has 29 heavy (non-hydrogen) atoms. The normalized spacial score (nSPS) is 14.1. The minimum Gasteiger partial charge on any atom is -0.496 e. The highest BCUT2D eigenvalue weighted by atomic mass is 32.2. The van der Waals surface area contributed by atoms with Crippen LogP contribution < -0.4 is 9.64 Å². The molecule has 2 amide bonds. The number of carbonyl (C=O) groups excluding carboxylic acids is 2. The minimum atomic E-state index is -0.351. The van der Waals surface area contributed by atoms with E-state index >= 15 is 0 Å². The van der Waals surface area contributed by atoms with Gasteiger partial charge in [0.1, 0.15) is 11.5 Å². The molecule has 0 radical (unpaired) electrons. The molecule has 4 rings (SSSR count). The average molecular weight is 405 g/mol. The molecule has 0 N–H and O–H groups in total. The Balaban J connectivity index is 1.81. The molecular formula is C23H19NO4S. The summed E-state index contributed by atoms with van der Waals surface area (Å²) in [6.45, 7) is 1.88. The van der Waals surface area contributed by atoms with E-state index in [1.807, 2.05) is 43.3 Å². The van der Waals surface area contributed by atoms with Crippen LogP contribution in [0.3, 0.4) is 0 Å². The van der Waals surface area contributed by atoms with Gasteiger partial charge in [0.15, 0.2) is 0 Å². The van der Waals surface area contributed by atoms with Gasteiger partial charge >= 0.3 is 0 Å². The van der Waals surface area contributed by atoms with Gasteiger partial charge in [-0.15, -0.1) is 11.8 Å². The third kappa shape index (κ3) is 3.47. The van der Waals surface area contributed by atoms with Crippen LogP contribution in [0.2, 0.25) is 0 Å². The van der Waals surface area contributed by atoms with Crippen molar-refractivity contribution >= 4 is 34.8 Å². The fourth-order valence-corrected chi connectivity index (χ4v) is 4.31. The standard InChI is InChI=1S/C23H19NO4S/c1-15-8-3-5-11-18(15)24-22(25)20(17-10-4-6-12-19(17)27-2)21(23(24)26)29-14-16-9-7-13-28-16/h3-13H,14H2,1-2H3. The van der Waals surface area contributed by atoms with E-state index in [0.717, 1.165) is 11.3 Å². The zero-order valence-electron chi connectivity index (χ0n) is 16.0. The van der Waals surface area contributed by atoms with Crippen LogP contribution in [0.25, 0.3) is 5.57 Å². The number of aryl methyl sites for hydroxylation is 1. The van der Waals surface area contributed by atoms with E-state index in [2.05, 4.69) is 0 Å². The summed E-state index contributed by atoms with van der Waals surface area (Å²) in [7, 11) is 1.55. The number of amides is 2. The molecule has 0 saturated heterocycles. The second-order valence-electron chi connectivity index (χ2n) is 6.50. The van der Waals surface area contributed by atoms with E-state index in [1.165, 1.54) is 16.7 Å². The Labute approximate surface area is 173 Å². The number of methoxy groups -OCH3 is 1. The van der Waals surface area contributed by atoms with E-state index in [9.17, 15) is 9.59 Å². The monoisotopic (exact) mass is 405 g/mol. The van der Waals surface area contributed by atoms with Crippen molar-refractivity contribution in [1.29, 1.82) is 0 Å². The van der Waals surface area contributed by atoms with Crippen LogP contribution in [0, 0.1) is 6.92 Å². The molecule has 0 fully saturated rings. The number of thioether (sulfide) groups is 1. The zero-order chi connectivity index (χ0) is 20.4. The lowest BCUT2D eigenvalue weighted by molar-refractivity contribution is -0.119. The van der Waals surface area contributed by atoms with E-state index in [4.69, 9.17) is 9.15 Å². The number of ether oxygens (including phenoxy) is 1.